The minimum absolute atomic E-state index is 0. The van der Waals surface area contributed by atoms with Crippen molar-refractivity contribution < 1.29 is 47.3 Å². The quantitative estimate of drug-likeness (QED) is 0.525. The van der Waals surface area contributed by atoms with Crippen LogP contribution >= 0.6 is 11.3 Å². The monoisotopic (exact) mass is 274 g/mol. The molecule has 16 heavy (non-hydrogen) atoms. The molecule has 1 heterocycles. The van der Waals surface area contributed by atoms with E-state index in [0.717, 1.165) is 0 Å². The molecule has 1 aromatic rings. The zero-order chi connectivity index (χ0) is 11.7. The van der Waals surface area contributed by atoms with Crippen LogP contribution in [-0.2, 0) is 14.9 Å². The fourth-order valence-corrected chi connectivity index (χ4v) is 2.06. The molecule has 1 rings (SSSR count). The number of hydrogen-bond donors (Lipinski definition) is 0. The van der Waals surface area contributed by atoms with E-state index in [1.807, 2.05) is 22.9 Å². The van der Waals surface area contributed by atoms with Crippen molar-refractivity contribution in [3.63, 3.8) is 0 Å². The van der Waals surface area contributed by atoms with Gasteiger partial charge in [-0.25, -0.2) is 8.42 Å². The molecule has 0 aliphatic heterocycles. The van der Waals surface area contributed by atoms with Crippen molar-refractivity contribution in [1.29, 1.82) is 0 Å². The van der Waals surface area contributed by atoms with Gasteiger partial charge in [-0.1, -0.05) is 25.5 Å². The van der Waals surface area contributed by atoms with E-state index < -0.39 is 15.6 Å². The van der Waals surface area contributed by atoms with E-state index >= 15 is 0 Å². The Hall–Kier alpha value is 0.570. The van der Waals surface area contributed by atoms with Crippen LogP contribution in [0.1, 0.15) is 19.8 Å². The maximum absolute atomic E-state index is 10.3. The molecule has 0 radical (unpaired) electrons. The van der Waals surface area contributed by atoms with Gasteiger partial charge in [0.15, 0.2) is 0 Å². The molecule has 0 aromatic carbocycles. The number of hydrogen-bond acceptors (Lipinski definition) is 5. The molecule has 1 aromatic heterocycles. The molecule has 0 aliphatic carbocycles. The third kappa shape index (κ3) is 9.77. The van der Waals surface area contributed by atoms with Crippen molar-refractivity contribution in [2.45, 2.75) is 25.2 Å². The first-order valence-electron chi connectivity index (χ1n) is 4.47. The molecular weight excluding hydrogens is 259 g/mol. The van der Waals surface area contributed by atoms with Crippen LogP contribution in [0.3, 0.4) is 0 Å². The minimum atomic E-state index is -4.25. The molecule has 0 fully saturated rings. The predicted molar refractivity (Wildman–Crippen MR) is 59.7 cm³/mol. The Labute approximate surface area is 123 Å². The SMILES string of the molecule is CCCC(OC)S(=O)(=O)[O-].[Na+].c1ccsc1. The number of rotatable bonds is 4. The Bertz CT molecular complexity index is 306. The molecule has 0 saturated heterocycles. The van der Waals surface area contributed by atoms with E-state index in [0.29, 0.717) is 6.42 Å². The summed E-state index contributed by atoms with van der Waals surface area (Å²) in [7, 11) is -3.03. The first-order chi connectivity index (χ1) is 7.02. The second kappa shape index (κ2) is 10.7. The van der Waals surface area contributed by atoms with Crippen LogP contribution in [0.25, 0.3) is 0 Å². The van der Waals surface area contributed by atoms with Gasteiger partial charge in [-0.2, -0.15) is 11.3 Å². The van der Waals surface area contributed by atoms with Crippen molar-refractivity contribution in [2.24, 2.45) is 0 Å². The van der Waals surface area contributed by atoms with Gasteiger partial charge >= 0.3 is 29.6 Å². The zero-order valence-electron chi connectivity index (χ0n) is 9.75. The smallest absolute Gasteiger partial charge is 0.746 e. The van der Waals surface area contributed by atoms with Crippen molar-refractivity contribution in [3.8, 4) is 0 Å². The van der Waals surface area contributed by atoms with Crippen LogP contribution < -0.4 is 29.6 Å². The van der Waals surface area contributed by atoms with Gasteiger partial charge in [0.05, 0.1) is 0 Å². The summed E-state index contributed by atoms with van der Waals surface area (Å²) >= 11 is 1.71. The number of ether oxygens (including phenoxy) is 1. The van der Waals surface area contributed by atoms with Gasteiger partial charge in [-0.3, -0.25) is 0 Å². The molecule has 7 heteroatoms. The summed E-state index contributed by atoms with van der Waals surface area (Å²) in [5.41, 5.74) is -1.17. The molecule has 0 spiro atoms. The van der Waals surface area contributed by atoms with Gasteiger partial charge in [-0.05, 0) is 17.2 Å². The van der Waals surface area contributed by atoms with Gasteiger partial charge in [0.1, 0.15) is 15.6 Å². The molecule has 0 N–H and O–H groups in total. The van der Waals surface area contributed by atoms with Crippen molar-refractivity contribution in [1.82, 2.24) is 0 Å². The minimum Gasteiger partial charge on any atom is -0.746 e. The Balaban J connectivity index is 0. The first kappa shape index (κ1) is 18.9. The molecule has 1 unspecified atom stereocenters. The Morgan fingerprint density at radius 3 is 2.00 bits per heavy atom. The molecule has 0 saturated carbocycles. The molecule has 0 amide bonds. The number of thiophene rings is 1. The predicted octanol–water partition coefficient (Wildman–Crippen LogP) is -0.944. The molecule has 4 nitrogen and oxygen atoms in total. The van der Waals surface area contributed by atoms with Crippen molar-refractivity contribution >= 4 is 21.5 Å². The van der Waals surface area contributed by atoms with Crippen LogP contribution in [0.2, 0.25) is 0 Å². The van der Waals surface area contributed by atoms with Gasteiger partial charge in [0.25, 0.3) is 0 Å². The fourth-order valence-electron chi connectivity index (χ4n) is 0.843. The van der Waals surface area contributed by atoms with E-state index in [2.05, 4.69) is 4.74 Å². The van der Waals surface area contributed by atoms with E-state index in [9.17, 15) is 13.0 Å². The van der Waals surface area contributed by atoms with Crippen LogP contribution in [0.5, 0.6) is 0 Å². The molecule has 88 valence electrons. The van der Waals surface area contributed by atoms with Crippen LogP contribution in [0, 0.1) is 0 Å². The summed E-state index contributed by atoms with van der Waals surface area (Å²) in [5, 5.41) is 4.08. The van der Waals surface area contributed by atoms with E-state index in [-0.39, 0.29) is 36.0 Å². The maximum Gasteiger partial charge on any atom is 1.00 e. The topological polar surface area (TPSA) is 66.4 Å². The second-order valence-corrected chi connectivity index (χ2v) is 5.07. The van der Waals surface area contributed by atoms with Crippen molar-refractivity contribution in [3.05, 3.63) is 22.9 Å². The standard InChI is InChI=1S/C5H12O4S.C4H4S.Na/c1-3-4-5(9-2)10(6,7)8;1-2-4-5-3-1;/h5H,3-4H2,1-2H3,(H,6,7,8);1-4H;/q;;+1/p-1. The average molecular weight is 274 g/mol. The Kier molecular flexibility index (Phi) is 12.7. The third-order valence-electron chi connectivity index (χ3n) is 1.53. The molecule has 0 bridgehead atoms. The zero-order valence-corrected chi connectivity index (χ0v) is 13.4. The van der Waals surface area contributed by atoms with Crippen LogP contribution in [0.4, 0.5) is 0 Å². The van der Waals surface area contributed by atoms with Gasteiger partial charge < -0.3 is 9.29 Å². The summed E-state index contributed by atoms with van der Waals surface area (Å²) in [5.74, 6) is 0. The Morgan fingerprint density at radius 2 is 1.88 bits per heavy atom. The number of methoxy groups -OCH3 is 1. The largest absolute Gasteiger partial charge is 1.00 e. The van der Waals surface area contributed by atoms with Crippen LogP contribution in [-0.4, -0.2) is 25.5 Å². The summed E-state index contributed by atoms with van der Waals surface area (Å²) < 4.78 is 35.3. The second-order valence-electron chi connectivity index (χ2n) is 2.74. The van der Waals surface area contributed by atoms with Gasteiger partial charge in [-0.15, -0.1) is 0 Å². The van der Waals surface area contributed by atoms with E-state index in [1.54, 1.807) is 18.3 Å². The van der Waals surface area contributed by atoms with Gasteiger partial charge in [0, 0.05) is 7.11 Å². The molecule has 1 atom stereocenters. The fraction of sp³-hybridized carbons (Fsp3) is 0.556. The Morgan fingerprint density at radius 1 is 1.38 bits per heavy atom. The van der Waals surface area contributed by atoms with Crippen molar-refractivity contribution in [2.75, 3.05) is 7.11 Å². The summed E-state index contributed by atoms with van der Waals surface area (Å²) in [6, 6.07) is 4.04. The molecule has 0 aliphatic rings. The maximum atomic E-state index is 10.3. The normalized spacial score (nSPS) is 11.9. The van der Waals surface area contributed by atoms with Gasteiger partial charge in [0.2, 0.25) is 0 Å². The third-order valence-corrected chi connectivity index (χ3v) is 3.24. The van der Waals surface area contributed by atoms with E-state index in [1.165, 1.54) is 7.11 Å². The summed E-state index contributed by atoms with van der Waals surface area (Å²) in [6.45, 7) is 1.79. The molecular formula is C9H15NaO4S2. The average Bonchev–Trinajstić information content (AvgIpc) is 2.69. The summed E-state index contributed by atoms with van der Waals surface area (Å²) in [4.78, 5) is 0. The van der Waals surface area contributed by atoms with E-state index in [4.69, 9.17) is 0 Å². The first-order valence-corrected chi connectivity index (χ1v) is 6.88. The van der Waals surface area contributed by atoms with Crippen LogP contribution in [0.15, 0.2) is 22.9 Å². The summed E-state index contributed by atoms with van der Waals surface area (Å²) in [6.07, 6.45) is 0.891.